The zero-order chi connectivity index (χ0) is 32.6. The average molecular weight is 646 g/mol. The van der Waals surface area contributed by atoms with E-state index in [-0.39, 0.29) is 29.8 Å². The topological polar surface area (TPSA) is 86.8 Å². The molecule has 236 valence electrons. The highest BCUT2D eigenvalue weighted by atomic mass is 35.5. The predicted molar refractivity (Wildman–Crippen MR) is 181 cm³/mol. The lowest BCUT2D eigenvalue weighted by molar-refractivity contribution is -0.140. The standard InChI is InChI=1S/C36H40ClN3O4S/c1-5-28(4)38-36(42)34(23-29-11-7-6-8-12-29)39(24-30-13-9-10-14-33(30)37)35(41)25-40(31-19-15-26(2)16-20-31)45(43,44)32-21-17-27(3)18-22-32/h6-22,28,34H,5,23-25H2,1-4H3,(H,38,42)/t28-,34+/m1/s1. The molecular weight excluding hydrogens is 606 g/mol. The van der Waals surface area contributed by atoms with Gasteiger partial charge >= 0.3 is 0 Å². The smallest absolute Gasteiger partial charge is 0.264 e. The molecule has 4 aromatic rings. The molecule has 45 heavy (non-hydrogen) atoms. The van der Waals surface area contributed by atoms with Crippen molar-refractivity contribution in [2.24, 2.45) is 0 Å². The van der Waals surface area contributed by atoms with Gasteiger partial charge in [0, 0.05) is 24.0 Å². The minimum Gasteiger partial charge on any atom is -0.352 e. The molecule has 0 unspecified atom stereocenters. The van der Waals surface area contributed by atoms with E-state index < -0.39 is 28.5 Å². The summed E-state index contributed by atoms with van der Waals surface area (Å²) in [6.45, 7) is 7.15. The van der Waals surface area contributed by atoms with E-state index in [1.165, 1.54) is 17.0 Å². The maximum absolute atomic E-state index is 14.5. The fourth-order valence-corrected chi connectivity index (χ4v) is 6.49. The molecule has 0 aliphatic carbocycles. The van der Waals surface area contributed by atoms with Gasteiger partial charge in [-0.05, 0) is 68.7 Å². The van der Waals surface area contributed by atoms with Crippen molar-refractivity contribution in [2.45, 2.75) is 64.1 Å². The number of hydrogen-bond donors (Lipinski definition) is 1. The number of anilines is 1. The number of nitrogens with one attached hydrogen (secondary N) is 1. The third kappa shape index (κ3) is 8.74. The zero-order valence-corrected chi connectivity index (χ0v) is 27.7. The number of carbonyl (C=O) groups excluding carboxylic acids is 2. The van der Waals surface area contributed by atoms with Crippen molar-refractivity contribution in [3.05, 3.63) is 130 Å². The van der Waals surface area contributed by atoms with Crippen LogP contribution in [0.2, 0.25) is 5.02 Å². The molecule has 2 atom stereocenters. The number of hydrogen-bond acceptors (Lipinski definition) is 4. The molecule has 1 N–H and O–H groups in total. The van der Waals surface area contributed by atoms with Gasteiger partial charge in [0.05, 0.1) is 10.6 Å². The van der Waals surface area contributed by atoms with Crippen LogP contribution in [0.25, 0.3) is 0 Å². The van der Waals surface area contributed by atoms with Gasteiger partial charge in [-0.25, -0.2) is 8.42 Å². The Hall–Kier alpha value is -4.14. The van der Waals surface area contributed by atoms with Gasteiger partial charge in [-0.1, -0.05) is 102 Å². The van der Waals surface area contributed by atoms with Gasteiger partial charge in [-0.2, -0.15) is 0 Å². The summed E-state index contributed by atoms with van der Waals surface area (Å²) in [6, 6.07) is 29.0. The number of carbonyl (C=O) groups is 2. The van der Waals surface area contributed by atoms with E-state index in [0.717, 1.165) is 21.0 Å². The second-order valence-electron chi connectivity index (χ2n) is 11.3. The molecule has 4 rings (SSSR count). The lowest BCUT2D eigenvalue weighted by atomic mass is 10.0. The molecule has 0 fully saturated rings. The number of aryl methyl sites for hydroxylation is 2. The summed E-state index contributed by atoms with van der Waals surface area (Å²) in [5.74, 6) is -0.858. The number of nitrogens with zero attached hydrogens (tertiary/aromatic N) is 2. The SMILES string of the molecule is CC[C@@H](C)NC(=O)[C@H](Cc1ccccc1)N(Cc1ccccc1Cl)C(=O)CN(c1ccc(C)cc1)S(=O)(=O)c1ccc(C)cc1. The Morgan fingerprint density at radius 3 is 2.00 bits per heavy atom. The Labute approximate surface area is 271 Å². The summed E-state index contributed by atoms with van der Waals surface area (Å²) in [4.78, 5) is 30.0. The number of amides is 2. The van der Waals surface area contributed by atoms with Gasteiger partial charge in [-0.15, -0.1) is 0 Å². The summed E-state index contributed by atoms with van der Waals surface area (Å²) in [5, 5.41) is 3.48. The van der Waals surface area contributed by atoms with Crippen molar-refractivity contribution in [3.8, 4) is 0 Å². The molecule has 0 saturated carbocycles. The molecule has 0 aromatic heterocycles. The maximum atomic E-state index is 14.5. The molecule has 2 amide bonds. The van der Waals surface area contributed by atoms with Crippen LogP contribution >= 0.6 is 11.6 Å². The van der Waals surface area contributed by atoms with E-state index >= 15 is 0 Å². The van der Waals surface area contributed by atoms with Gasteiger partial charge in [-0.3, -0.25) is 13.9 Å². The molecule has 0 spiro atoms. The Morgan fingerprint density at radius 1 is 0.822 bits per heavy atom. The Morgan fingerprint density at radius 2 is 1.40 bits per heavy atom. The Bertz CT molecular complexity index is 1690. The summed E-state index contributed by atoms with van der Waals surface area (Å²) in [6.07, 6.45) is 0.937. The highest BCUT2D eigenvalue weighted by Crippen LogP contribution is 2.26. The van der Waals surface area contributed by atoms with E-state index in [2.05, 4.69) is 5.32 Å². The van der Waals surface area contributed by atoms with Crippen LogP contribution in [0, 0.1) is 13.8 Å². The predicted octanol–water partition coefficient (Wildman–Crippen LogP) is 6.71. The van der Waals surface area contributed by atoms with Crippen LogP contribution < -0.4 is 9.62 Å². The van der Waals surface area contributed by atoms with E-state index in [4.69, 9.17) is 11.6 Å². The molecule has 9 heteroatoms. The van der Waals surface area contributed by atoms with Crippen molar-refractivity contribution >= 4 is 39.1 Å². The minimum atomic E-state index is -4.16. The number of halogens is 1. The van der Waals surface area contributed by atoms with E-state index in [0.29, 0.717) is 22.7 Å². The highest BCUT2D eigenvalue weighted by Gasteiger charge is 2.35. The lowest BCUT2D eigenvalue weighted by Crippen LogP contribution is -2.54. The van der Waals surface area contributed by atoms with Gasteiger partial charge in [0.1, 0.15) is 12.6 Å². The van der Waals surface area contributed by atoms with Crippen LogP contribution in [0.1, 0.15) is 42.5 Å². The first-order valence-electron chi connectivity index (χ1n) is 15.0. The fourth-order valence-electron chi connectivity index (χ4n) is 4.88. The van der Waals surface area contributed by atoms with Gasteiger partial charge < -0.3 is 10.2 Å². The van der Waals surface area contributed by atoms with E-state index in [1.807, 2.05) is 64.1 Å². The van der Waals surface area contributed by atoms with Gasteiger partial charge in [0.25, 0.3) is 10.0 Å². The molecule has 0 bridgehead atoms. The highest BCUT2D eigenvalue weighted by molar-refractivity contribution is 7.92. The second-order valence-corrected chi connectivity index (χ2v) is 13.6. The number of sulfonamides is 1. The normalized spacial score (nSPS) is 12.6. The molecule has 4 aromatic carbocycles. The van der Waals surface area contributed by atoms with Crippen molar-refractivity contribution < 1.29 is 18.0 Å². The first-order chi connectivity index (χ1) is 21.5. The number of benzene rings is 4. The van der Waals surface area contributed by atoms with E-state index in [1.54, 1.807) is 54.6 Å². The quantitative estimate of drug-likeness (QED) is 0.175. The molecule has 0 radical (unpaired) electrons. The monoisotopic (exact) mass is 645 g/mol. The third-order valence-corrected chi connectivity index (χ3v) is 9.94. The van der Waals surface area contributed by atoms with Crippen molar-refractivity contribution in [3.63, 3.8) is 0 Å². The van der Waals surface area contributed by atoms with Crippen LogP contribution in [0.3, 0.4) is 0 Å². The van der Waals surface area contributed by atoms with Crippen LogP contribution in [-0.4, -0.2) is 43.8 Å². The average Bonchev–Trinajstić information content (AvgIpc) is 3.03. The first kappa shape index (κ1) is 33.7. The molecule has 0 aliphatic heterocycles. The van der Waals surface area contributed by atoms with Crippen LogP contribution in [-0.2, 0) is 32.6 Å². The molecule has 0 heterocycles. The Kier molecular flexibility index (Phi) is 11.4. The fraction of sp³-hybridized carbons (Fsp3) is 0.278. The van der Waals surface area contributed by atoms with E-state index in [9.17, 15) is 18.0 Å². The molecule has 0 aliphatic rings. The molecule has 7 nitrogen and oxygen atoms in total. The van der Waals surface area contributed by atoms with Crippen molar-refractivity contribution in [1.29, 1.82) is 0 Å². The van der Waals surface area contributed by atoms with Crippen LogP contribution in [0.5, 0.6) is 0 Å². The summed E-state index contributed by atoms with van der Waals surface area (Å²) in [7, 11) is -4.16. The molecular formula is C36H40ClN3O4S. The Balaban J connectivity index is 1.81. The summed E-state index contributed by atoms with van der Waals surface area (Å²) in [5.41, 5.74) is 3.71. The second kappa shape index (κ2) is 15.2. The third-order valence-electron chi connectivity index (χ3n) is 7.78. The molecule has 0 saturated heterocycles. The lowest BCUT2D eigenvalue weighted by Gasteiger charge is -2.34. The van der Waals surface area contributed by atoms with Crippen LogP contribution in [0.15, 0.2) is 108 Å². The number of rotatable bonds is 13. The van der Waals surface area contributed by atoms with Crippen molar-refractivity contribution in [1.82, 2.24) is 10.2 Å². The van der Waals surface area contributed by atoms with Crippen LogP contribution in [0.4, 0.5) is 5.69 Å². The maximum Gasteiger partial charge on any atom is 0.264 e. The summed E-state index contributed by atoms with van der Waals surface area (Å²) < 4.78 is 29.4. The first-order valence-corrected chi connectivity index (χ1v) is 16.8. The van der Waals surface area contributed by atoms with Gasteiger partial charge in [0.15, 0.2) is 0 Å². The van der Waals surface area contributed by atoms with Crippen molar-refractivity contribution in [2.75, 3.05) is 10.8 Å². The zero-order valence-electron chi connectivity index (χ0n) is 26.1. The summed E-state index contributed by atoms with van der Waals surface area (Å²) >= 11 is 6.56. The largest absolute Gasteiger partial charge is 0.352 e. The van der Waals surface area contributed by atoms with Gasteiger partial charge in [0.2, 0.25) is 11.8 Å². The minimum absolute atomic E-state index is 0.0102.